The average molecular weight is 172 g/mol. The summed E-state index contributed by atoms with van der Waals surface area (Å²) in [5, 5.41) is 0. The molecule has 0 bridgehead atoms. The maximum atomic E-state index is 10.2. The van der Waals surface area contributed by atoms with Gasteiger partial charge in [0.2, 0.25) is 0 Å². The number of hydrogen-bond acceptors (Lipinski definition) is 1. The molecule has 0 amide bonds. The molecular weight excluding hydrogens is 160 g/mol. The standard InChI is InChI=1S/C12H12O/c1-3-11-5-4-6-12(9-11)10(2)7-8-13/h3-9H,1H2,2H3. The number of carbonyl (C=O) groups is 1. The highest BCUT2D eigenvalue weighted by Crippen LogP contribution is 2.15. The molecule has 1 aromatic rings. The zero-order chi connectivity index (χ0) is 9.68. The van der Waals surface area contributed by atoms with Gasteiger partial charge in [0.1, 0.15) is 6.29 Å². The smallest absolute Gasteiger partial charge is 0.143 e. The second kappa shape index (κ2) is 4.41. The summed E-state index contributed by atoms with van der Waals surface area (Å²) in [5.41, 5.74) is 3.10. The number of hydrogen-bond donors (Lipinski definition) is 0. The van der Waals surface area contributed by atoms with Gasteiger partial charge in [-0.2, -0.15) is 0 Å². The van der Waals surface area contributed by atoms with Gasteiger partial charge >= 0.3 is 0 Å². The second-order valence-electron chi connectivity index (χ2n) is 2.82. The molecule has 13 heavy (non-hydrogen) atoms. The first-order chi connectivity index (χ1) is 6.27. The van der Waals surface area contributed by atoms with E-state index >= 15 is 0 Å². The van der Waals surface area contributed by atoms with Crippen LogP contribution in [0.3, 0.4) is 0 Å². The van der Waals surface area contributed by atoms with E-state index in [4.69, 9.17) is 0 Å². The lowest BCUT2D eigenvalue weighted by molar-refractivity contribution is -0.104. The van der Waals surface area contributed by atoms with E-state index in [1.807, 2.05) is 31.2 Å². The van der Waals surface area contributed by atoms with Crippen LogP contribution in [-0.2, 0) is 4.79 Å². The summed E-state index contributed by atoms with van der Waals surface area (Å²) in [5.74, 6) is 0. The van der Waals surface area contributed by atoms with Crippen LogP contribution in [0.1, 0.15) is 18.1 Å². The fourth-order valence-corrected chi connectivity index (χ4v) is 1.11. The lowest BCUT2D eigenvalue weighted by Gasteiger charge is -2.00. The van der Waals surface area contributed by atoms with Crippen LogP contribution in [-0.4, -0.2) is 6.29 Å². The monoisotopic (exact) mass is 172 g/mol. The van der Waals surface area contributed by atoms with Gasteiger partial charge in [0.05, 0.1) is 0 Å². The second-order valence-corrected chi connectivity index (χ2v) is 2.82. The summed E-state index contributed by atoms with van der Waals surface area (Å²) in [6.45, 7) is 5.60. The summed E-state index contributed by atoms with van der Waals surface area (Å²) in [6, 6.07) is 7.91. The Morgan fingerprint density at radius 1 is 1.46 bits per heavy atom. The van der Waals surface area contributed by atoms with Crippen LogP contribution < -0.4 is 0 Å². The van der Waals surface area contributed by atoms with Gasteiger partial charge in [-0.25, -0.2) is 0 Å². The molecule has 1 rings (SSSR count). The molecule has 0 unspecified atom stereocenters. The van der Waals surface area contributed by atoms with Crippen molar-refractivity contribution in [2.24, 2.45) is 0 Å². The Labute approximate surface area is 78.4 Å². The first-order valence-corrected chi connectivity index (χ1v) is 4.13. The predicted octanol–water partition coefficient (Wildman–Crippen LogP) is 2.93. The molecule has 1 nitrogen and oxygen atoms in total. The van der Waals surface area contributed by atoms with Crippen LogP contribution in [0.25, 0.3) is 11.6 Å². The molecule has 66 valence electrons. The molecule has 0 saturated carbocycles. The lowest BCUT2D eigenvalue weighted by atomic mass is 10.0. The van der Waals surface area contributed by atoms with Crippen LogP contribution in [0.15, 0.2) is 36.9 Å². The van der Waals surface area contributed by atoms with Crippen molar-refractivity contribution in [3.05, 3.63) is 48.0 Å². The highest BCUT2D eigenvalue weighted by Gasteiger charge is 1.94. The van der Waals surface area contributed by atoms with E-state index in [1.54, 1.807) is 12.2 Å². The van der Waals surface area contributed by atoms with Gasteiger partial charge in [0, 0.05) is 0 Å². The third-order valence-electron chi connectivity index (χ3n) is 1.90. The summed E-state index contributed by atoms with van der Waals surface area (Å²) in [4.78, 5) is 10.2. The zero-order valence-corrected chi connectivity index (χ0v) is 7.66. The Hall–Kier alpha value is -1.63. The summed E-state index contributed by atoms with van der Waals surface area (Å²) in [7, 11) is 0. The van der Waals surface area contributed by atoms with Crippen molar-refractivity contribution in [3.63, 3.8) is 0 Å². The maximum absolute atomic E-state index is 10.2. The number of allylic oxidation sites excluding steroid dienone is 2. The Morgan fingerprint density at radius 2 is 2.23 bits per heavy atom. The average Bonchev–Trinajstić information content (AvgIpc) is 2.18. The van der Waals surface area contributed by atoms with E-state index in [1.165, 1.54) is 0 Å². The fourth-order valence-electron chi connectivity index (χ4n) is 1.11. The Kier molecular flexibility index (Phi) is 3.21. The number of carbonyl (C=O) groups excluding carboxylic acids is 1. The first-order valence-electron chi connectivity index (χ1n) is 4.13. The van der Waals surface area contributed by atoms with Gasteiger partial charge in [0.15, 0.2) is 0 Å². The molecule has 0 aliphatic heterocycles. The van der Waals surface area contributed by atoms with Crippen molar-refractivity contribution in [2.45, 2.75) is 6.92 Å². The number of benzene rings is 1. The minimum Gasteiger partial charge on any atom is -0.299 e. The van der Waals surface area contributed by atoms with Crippen LogP contribution in [0, 0.1) is 0 Å². The van der Waals surface area contributed by atoms with E-state index in [2.05, 4.69) is 6.58 Å². The van der Waals surface area contributed by atoms with Crippen molar-refractivity contribution in [2.75, 3.05) is 0 Å². The molecule has 0 heterocycles. The minimum absolute atomic E-state index is 0.802. The Balaban J connectivity index is 3.08. The molecule has 1 aromatic carbocycles. The SMILES string of the molecule is C=Cc1cccc(C(C)=CC=O)c1. The normalized spacial score (nSPS) is 11.0. The van der Waals surface area contributed by atoms with Crippen LogP contribution >= 0.6 is 0 Å². The van der Waals surface area contributed by atoms with Gasteiger partial charge in [-0.05, 0) is 35.8 Å². The van der Waals surface area contributed by atoms with Crippen molar-refractivity contribution < 1.29 is 4.79 Å². The maximum Gasteiger partial charge on any atom is 0.143 e. The number of aldehydes is 1. The Morgan fingerprint density at radius 3 is 2.85 bits per heavy atom. The molecule has 0 atom stereocenters. The molecule has 1 heteroatoms. The van der Waals surface area contributed by atoms with Crippen LogP contribution in [0.2, 0.25) is 0 Å². The fraction of sp³-hybridized carbons (Fsp3) is 0.0833. The van der Waals surface area contributed by atoms with Gasteiger partial charge in [-0.1, -0.05) is 30.9 Å². The molecule has 0 aliphatic rings. The van der Waals surface area contributed by atoms with Gasteiger partial charge in [-0.3, -0.25) is 4.79 Å². The van der Waals surface area contributed by atoms with Crippen LogP contribution in [0.5, 0.6) is 0 Å². The van der Waals surface area contributed by atoms with Gasteiger partial charge in [-0.15, -0.1) is 0 Å². The lowest BCUT2D eigenvalue weighted by Crippen LogP contribution is -1.81. The third-order valence-corrected chi connectivity index (χ3v) is 1.90. The minimum atomic E-state index is 0.802. The molecule has 0 fully saturated rings. The van der Waals surface area contributed by atoms with Crippen molar-refractivity contribution in [1.29, 1.82) is 0 Å². The highest BCUT2D eigenvalue weighted by atomic mass is 16.1. The first kappa shape index (κ1) is 9.46. The predicted molar refractivity (Wildman–Crippen MR) is 56.2 cm³/mol. The highest BCUT2D eigenvalue weighted by molar-refractivity contribution is 5.81. The van der Waals surface area contributed by atoms with Gasteiger partial charge in [0.25, 0.3) is 0 Å². The summed E-state index contributed by atoms with van der Waals surface area (Å²) < 4.78 is 0. The number of rotatable bonds is 3. The largest absolute Gasteiger partial charge is 0.299 e. The third kappa shape index (κ3) is 2.41. The van der Waals surface area contributed by atoms with E-state index in [0.717, 1.165) is 23.0 Å². The molecule has 0 spiro atoms. The van der Waals surface area contributed by atoms with E-state index in [0.29, 0.717) is 0 Å². The van der Waals surface area contributed by atoms with E-state index in [-0.39, 0.29) is 0 Å². The van der Waals surface area contributed by atoms with Crippen molar-refractivity contribution in [3.8, 4) is 0 Å². The molecule has 0 N–H and O–H groups in total. The van der Waals surface area contributed by atoms with E-state index < -0.39 is 0 Å². The van der Waals surface area contributed by atoms with Crippen molar-refractivity contribution in [1.82, 2.24) is 0 Å². The van der Waals surface area contributed by atoms with Crippen LogP contribution in [0.4, 0.5) is 0 Å². The van der Waals surface area contributed by atoms with Gasteiger partial charge < -0.3 is 0 Å². The summed E-state index contributed by atoms with van der Waals surface area (Å²) >= 11 is 0. The zero-order valence-electron chi connectivity index (χ0n) is 7.66. The molecule has 0 aliphatic carbocycles. The molecule has 0 saturated heterocycles. The van der Waals surface area contributed by atoms with Crippen molar-refractivity contribution >= 4 is 17.9 Å². The summed E-state index contributed by atoms with van der Waals surface area (Å²) in [6.07, 6.45) is 4.15. The Bertz CT molecular complexity index is 348. The quantitative estimate of drug-likeness (QED) is 0.506. The topological polar surface area (TPSA) is 17.1 Å². The molecule has 0 aromatic heterocycles. The van der Waals surface area contributed by atoms with E-state index in [9.17, 15) is 4.79 Å². The molecule has 0 radical (unpaired) electrons. The molecular formula is C12H12O.